The molecule has 1 N–H and O–H groups in total. The van der Waals surface area contributed by atoms with E-state index in [2.05, 4.69) is 37.8 Å². The van der Waals surface area contributed by atoms with Crippen LogP contribution in [-0.2, 0) is 9.53 Å². The number of anilines is 2. The summed E-state index contributed by atoms with van der Waals surface area (Å²) in [5, 5.41) is 2.91. The van der Waals surface area contributed by atoms with Crippen LogP contribution in [0.15, 0.2) is 36.5 Å². The van der Waals surface area contributed by atoms with Gasteiger partial charge in [-0.1, -0.05) is 6.07 Å². The van der Waals surface area contributed by atoms with Crippen LogP contribution < -0.4 is 10.2 Å². The van der Waals surface area contributed by atoms with E-state index < -0.39 is 0 Å². The van der Waals surface area contributed by atoms with Gasteiger partial charge in [0.15, 0.2) is 0 Å². The van der Waals surface area contributed by atoms with Crippen molar-refractivity contribution < 1.29 is 14.3 Å². The van der Waals surface area contributed by atoms with Crippen LogP contribution in [0.4, 0.5) is 11.5 Å². The number of halogens is 1. The van der Waals surface area contributed by atoms with E-state index in [0.717, 1.165) is 41.0 Å². The highest BCUT2D eigenvalue weighted by atomic mass is 127. The van der Waals surface area contributed by atoms with Crippen LogP contribution in [-0.4, -0.2) is 36.6 Å². The molecular formula is C21H24IN3O3. The van der Waals surface area contributed by atoms with Crippen molar-refractivity contribution in [3.05, 3.63) is 51.2 Å². The molecule has 2 heterocycles. The zero-order valence-electron chi connectivity index (χ0n) is 16.1. The molecule has 0 atom stereocenters. The largest absolute Gasteiger partial charge is 0.466 e. The average molecular weight is 493 g/mol. The van der Waals surface area contributed by atoms with Crippen molar-refractivity contribution in [1.29, 1.82) is 0 Å². The minimum absolute atomic E-state index is 0.0291. The third-order valence-corrected chi connectivity index (χ3v) is 6.04. The lowest BCUT2D eigenvalue weighted by atomic mass is 9.97. The minimum atomic E-state index is -0.181. The highest BCUT2D eigenvalue weighted by Crippen LogP contribution is 2.23. The normalized spacial score (nSPS) is 14.6. The zero-order valence-corrected chi connectivity index (χ0v) is 18.2. The monoisotopic (exact) mass is 493 g/mol. The van der Waals surface area contributed by atoms with Gasteiger partial charge in [0.05, 0.1) is 18.1 Å². The Morgan fingerprint density at radius 3 is 2.61 bits per heavy atom. The van der Waals surface area contributed by atoms with Crippen LogP contribution in [0.2, 0.25) is 0 Å². The predicted octanol–water partition coefficient (Wildman–Crippen LogP) is 4.03. The number of hydrogen-bond donors (Lipinski definition) is 1. The van der Waals surface area contributed by atoms with E-state index in [1.807, 2.05) is 38.1 Å². The molecule has 28 heavy (non-hydrogen) atoms. The molecule has 1 aliphatic rings. The van der Waals surface area contributed by atoms with Gasteiger partial charge in [-0.25, -0.2) is 4.98 Å². The number of amides is 1. The van der Waals surface area contributed by atoms with Crippen LogP contribution in [0.1, 0.15) is 35.7 Å². The topological polar surface area (TPSA) is 71.5 Å². The molecule has 0 bridgehead atoms. The van der Waals surface area contributed by atoms with E-state index in [1.54, 1.807) is 12.3 Å². The molecule has 0 aliphatic carbocycles. The standard InChI is InChI=1S/C21H24IN3O3/c1-3-28-21(27)15-8-10-25(11-9-15)19-7-5-16(13-23-19)20(26)24-17-6-4-14(2)18(22)12-17/h4-7,12-13,15H,3,8-11H2,1-2H3,(H,24,26). The molecule has 0 saturated carbocycles. The molecule has 148 valence electrons. The van der Waals surface area contributed by atoms with Gasteiger partial charge in [0.2, 0.25) is 0 Å². The molecule has 6 nitrogen and oxygen atoms in total. The number of rotatable bonds is 5. The number of esters is 1. The summed E-state index contributed by atoms with van der Waals surface area (Å²) in [6.07, 6.45) is 3.12. The third-order valence-electron chi connectivity index (χ3n) is 4.88. The smallest absolute Gasteiger partial charge is 0.309 e. The zero-order chi connectivity index (χ0) is 20.1. The Hall–Kier alpha value is -2.16. The number of nitrogens with zero attached hydrogens (tertiary/aromatic N) is 2. The van der Waals surface area contributed by atoms with Crippen molar-refractivity contribution in [2.75, 3.05) is 29.9 Å². The molecule has 1 fully saturated rings. The number of hydrogen-bond acceptors (Lipinski definition) is 5. The summed E-state index contributed by atoms with van der Waals surface area (Å²) < 4.78 is 6.22. The van der Waals surface area contributed by atoms with E-state index in [4.69, 9.17) is 4.74 Å². The van der Waals surface area contributed by atoms with Crippen molar-refractivity contribution >= 4 is 46.0 Å². The quantitative estimate of drug-likeness (QED) is 0.503. The Bertz CT molecular complexity index is 846. The molecular weight excluding hydrogens is 469 g/mol. The lowest BCUT2D eigenvalue weighted by Gasteiger charge is -2.31. The Labute approximate surface area is 178 Å². The van der Waals surface area contributed by atoms with Crippen molar-refractivity contribution in [1.82, 2.24) is 4.98 Å². The summed E-state index contributed by atoms with van der Waals surface area (Å²) in [4.78, 5) is 30.9. The second kappa shape index (κ2) is 9.36. The first-order chi connectivity index (χ1) is 13.5. The van der Waals surface area contributed by atoms with Crippen LogP contribution in [0, 0.1) is 16.4 Å². The van der Waals surface area contributed by atoms with Crippen molar-refractivity contribution in [3.8, 4) is 0 Å². The molecule has 0 spiro atoms. The van der Waals surface area contributed by atoms with Gasteiger partial charge < -0.3 is 15.0 Å². The first-order valence-corrected chi connectivity index (χ1v) is 10.5. The maximum atomic E-state index is 12.5. The lowest BCUT2D eigenvalue weighted by molar-refractivity contribution is -0.148. The number of benzene rings is 1. The number of aromatic nitrogens is 1. The van der Waals surface area contributed by atoms with Gasteiger partial charge >= 0.3 is 5.97 Å². The molecule has 1 amide bonds. The van der Waals surface area contributed by atoms with Gasteiger partial charge in [0.25, 0.3) is 5.91 Å². The molecule has 3 rings (SSSR count). The van der Waals surface area contributed by atoms with E-state index >= 15 is 0 Å². The van der Waals surface area contributed by atoms with Crippen LogP contribution in [0.5, 0.6) is 0 Å². The Morgan fingerprint density at radius 1 is 1.25 bits per heavy atom. The number of pyridine rings is 1. The Morgan fingerprint density at radius 2 is 2.00 bits per heavy atom. The number of aryl methyl sites for hydroxylation is 1. The fraction of sp³-hybridized carbons (Fsp3) is 0.381. The maximum Gasteiger partial charge on any atom is 0.309 e. The maximum absolute atomic E-state index is 12.5. The van der Waals surface area contributed by atoms with Gasteiger partial charge in [0.1, 0.15) is 5.82 Å². The van der Waals surface area contributed by atoms with Gasteiger partial charge in [0, 0.05) is 28.5 Å². The molecule has 1 aromatic heterocycles. The van der Waals surface area contributed by atoms with Crippen molar-refractivity contribution in [2.24, 2.45) is 5.92 Å². The third kappa shape index (κ3) is 5.01. The van der Waals surface area contributed by atoms with Gasteiger partial charge in [-0.2, -0.15) is 0 Å². The second-order valence-electron chi connectivity index (χ2n) is 6.84. The molecule has 7 heteroatoms. The number of nitrogens with one attached hydrogen (secondary N) is 1. The van der Waals surface area contributed by atoms with Gasteiger partial charge in [-0.3, -0.25) is 9.59 Å². The predicted molar refractivity (Wildman–Crippen MR) is 118 cm³/mol. The summed E-state index contributed by atoms with van der Waals surface area (Å²) in [7, 11) is 0. The van der Waals surface area contributed by atoms with Crippen LogP contribution in [0.25, 0.3) is 0 Å². The highest BCUT2D eigenvalue weighted by Gasteiger charge is 2.26. The fourth-order valence-electron chi connectivity index (χ4n) is 3.19. The first kappa shape index (κ1) is 20.6. The van der Waals surface area contributed by atoms with E-state index in [-0.39, 0.29) is 17.8 Å². The number of carbonyl (C=O) groups is 2. The fourth-order valence-corrected chi connectivity index (χ4v) is 3.70. The van der Waals surface area contributed by atoms with E-state index in [0.29, 0.717) is 12.2 Å². The average Bonchev–Trinajstić information content (AvgIpc) is 2.71. The summed E-state index contributed by atoms with van der Waals surface area (Å²) in [6, 6.07) is 9.47. The summed E-state index contributed by atoms with van der Waals surface area (Å²) in [5.74, 6) is 0.509. The molecule has 0 radical (unpaired) electrons. The number of ether oxygens (including phenoxy) is 1. The SMILES string of the molecule is CCOC(=O)C1CCN(c2ccc(C(=O)Nc3ccc(C)c(I)c3)cn2)CC1. The Kier molecular flexibility index (Phi) is 6.88. The summed E-state index contributed by atoms with van der Waals surface area (Å²) in [6.45, 7) is 5.79. The molecule has 1 saturated heterocycles. The van der Waals surface area contributed by atoms with Crippen LogP contribution >= 0.6 is 22.6 Å². The lowest BCUT2D eigenvalue weighted by Crippen LogP contribution is -2.37. The highest BCUT2D eigenvalue weighted by molar-refractivity contribution is 14.1. The first-order valence-electron chi connectivity index (χ1n) is 9.43. The Balaban J connectivity index is 1.58. The van der Waals surface area contributed by atoms with E-state index in [1.165, 1.54) is 5.56 Å². The van der Waals surface area contributed by atoms with Crippen molar-refractivity contribution in [3.63, 3.8) is 0 Å². The molecule has 1 aromatic carbocycles. The second-order valence-corrected chi connectivity index (χ2v) is 8.00. The number of carbonyl (C=O) groups excluding carboxylic acids is 2. The van der Waals surface area contributed by atoms with Crippen LogP contribution in [0.3, 0.4) is 0 Å². The van der Waals surface area contributed by atoms with Gasteiger partial charge in [-0.15, -0.1) is 0 Å². The van der Waals surface area contributed by atoms with Gasteiger partial charge in [-0.05, 0) is 79.1 Å². The molecule has 1 aliphatic heterocycles. The number of piperidine rings is 1. The minimum Gasteiger partial charge on any atom is -0.466 e. The summed E-state index contributed by atoms with van der Waals surface area (Å²) in [5.41, 5.74) is 2.46. The van der Waals surface area contributed by atoms with Crippen molar-refractivity contribution in [2.45, 2.75) is 26.7 Å². The summed E-state index contributed by atoms with van der Waals surface area (Å²) >= 11 is 2.25. The van der Waals surface area contributed by atoms with E-state index in [9.17, 15) is 9.59 Å². The molecule has 0 unspecified atom stereocenters. The molecule has 2 aromatic rings.